The molecule has 4 unspecified atom stereocenters. The highest BCUT2D eigenvalue weighted by molar-refractivity contribution is 5.12. The Morgan fingerprint density at radius 3 is 2.56 bits per heavy atom. The molecule has 18 heavy (non-hydrogen) atoms. The Labute approximate surface area is 107 Å². The summed E-state index contributed by atoms with van der Waals surface area (Å²) in [6.45, 7) is 0. The van der Waals surface area contributed by atoms with E-state index in [9.17, 15) is 0 Å². The third-order valence-corrected chi connectivity index (χ3v) is 5.44. The van der Waals surface area contributed by atoms with Gasteiger partial charge in [-0.25, -0.2) is 0 Å². The molecule has 3 aliphatic carbocycles. The highest BCUT2D eigenvalue weighted by Crippen LogP contribution is 2.51. The minimum absolute atomic E-state index is 0.251. The largest absolute Gasteiger partial charge is 0.339 e. The predicted octanol–water partition coefficient (Wildman–Crippen LogP) is 2.57. The van der Waals surface area contributed by atoms with Crippen LogP contribution in [0.5, 0.6) is 0 Å². The van der Waals surface area contributed by atoms with E-state index in [4.69, 9.17) is 10.3 Å². The first-order chi connectivity index (χ1) is 8.83. The van der Waals surface area contributed by atoms with Gasteiger partial charge in [0, 0.05) is 12.0 Å². The molecule has 0 saturated heterocycles. The average molecular weight is 247 g/mol. The van der Waals surface area contributed by atoms with Crippen LogP contribution in [0.1, 0.15) is 68.5 Å². The summed E-state index contributed by atoms with van der Waals surface area (Å²) in [5.74, 6) is 4.04. The summed E-state index contributed by atoms with van der Waals surface area (Å²) < 4.78 is 5.54. The summed E-state index contributed by atoms with van der Waals surface area (Å²) in [5, 5.41) is 4.22. The molecule has 1 aromatic heterocycles. The topological polar surface area (TPSA) is 64.9 Å². The van der Waals surface area contributed by atoms with E-state index in [1.165, 1.54) is 44.9 Å². The lowest BCUT2D eigenvalue weighted by molar-refractivity contribution is 0.278. The Kier molecular flexibility index (Phi) is 2.47. The molecule has 3 fully saturated rings. The highest BCUT2D eigenvalue weighted by atomic mass is 16.5. The summed E-state index contributed by atoms with van der Waals surface area (Å²) in [6, 6.07) is 0.251. The van der Waals surface area contributed by atoms with Crippen molar-refractivity contribution in [3.05, 3.63) is 11.7 Å². The van der Waals surface area contributed by atoms with Crippen molar-refractivity contribution in [1.82, 2.24) is 10.1 Å². The summed E-state index contributed by atoms with van der Waals surface area (Å²) in [4.78, 5) is 4.69. The van der Waals surface area contributed by atoms with E-state index in [1.807, 2.05) is 0 Å². The molecule has 2 N–H and O–H groups in total. The van der Waals surface area contributed by atoms with Crippen LogP contribution in [0.15, 0.2) is 4.52 Å². The van der Waals surface area contributed by atoms with Crippen molar-refractivity contribution in [1.29, 1.82) is 0 Å². The quantitative estimate of drug-likeness (QED) is 0.872. The molecule has 1 aromatic rings. The third kappa shape index (κ3) is 1.54. The van der Waals surface area contributed by atoms with Crippen molar-refractivity contribution < 1.29 is 4.52 Å². The highest BCUT2D eigenvalue weighted by Gasteiger charge is 2.49. The first-order valence-corrected chi connectivity index (χ1v) is 7.42. The van der Waals surface area contributed by atoms with E-state index in [1.54, 1.807) is 0 Å². The fraction of sp³-hybridized carbons (Fsp3) is 0.857. The van der Waals surface area contributed by atoms with Crippen LogP contribution in [0.3, 0.4) is 0 Å². The minimum Gasteiger partial charge on any atom is -0.339 e. The normalized spacial score (nSPS) is 39.8. The molecule has 0 amide bonds. The van der Waals surface area contributed by atoms with Crippen LogP contribution in [0.2, 0.25) is 0 Å². The Bertz CT molecular complexity index is 436. The van der Waals surface area contributed by atoms with Gasteiger partial charge in [0.05, 0.1) is 5.92 Å². The molecule has 4 heteroatoms. The lowest BCUT2D eigenvalue weighted by Crippen LogP contribution is -2.34. The van der Waals surface area contributed by atoms with Crippen LogP contribution in [0.4, 0.5) is 0 Å². The van der Waals surface area contributed by atoms with Gasteiger partial charge in [0.25, 0.3) is 0 Å². The Balaban J connectivity index is 1.58. The molecule has 2 bridgehead atoms. The van der Waals surface area contributed by atoms with Crippen molar-refractivity contribution in [2.24, 2.45) is 17.6 Å². The molecule has 3 aliphatic rings. The van der Waals surface area contributed by atoms with E-state index >= 15 is 0 Å². The lowest BCUT2D eigenvalue weighted by Gasteiger charge is -2.24. The van der Waals surface area contributed by atoms with E-state index in [0.29, 0.717) is 23.7 Å². The number of nitrogens with two attached hydrogens (primary N) is 1. The van der Waals surface area contributed by atoms with Crippen LogP contribution in [-0.2, 0) is 0 Å². The van der Waals surface area contributed by atoms with Crippen LogP contribution in [-0.4, -0.2) is 16.2 Å². The zero-order valence-corrected chi connectivity index (χ0v) is 10.7. The zero-order valence-electron chi connectivity index (χ0n) is 10.7. The fourth-order valence-electron chi connectivity index (χ4n) is 4.43. The van der Waals surface area contributed by atoms with Gasteiger partial charge >= 0.3 is 0 Å². The minimum atomic E-state index is 0.251. The van der Waals surface area contributed by atoms with Gasteiger partial charge in [-0.1, -0.05) is 18.0 Å². The molecule has 0 radical (unpaired) electrons. The van der Waals surface area contributed by atoms with E-state index in [0.717, 1.165) is 11.7 Å². The maximum absolute atomic E-state index is 6.33. The van der Waals surface area contributed by atoms with Crippen molar-refractivity contribution in [3.63, 3.8) is 0 Å². The molecule has 0 aromatic carbocycles. The second kappa shape index (κ2) is 4.05. The zero-order chi connectivity index (χ0) is 12.1. The number of hydrogen-bond acceptors (Lipinski definition) is 4. The second-order valence-corrected chi connectivity index (χ2v) is 6.41. The maximum atomic E-state index is 6.33. The lowest BCUT2D eigenvalue weighted by atomic mass is 9.85. The molecule has 0 spiro atoms. The van der Waals surface area contributed by atoms with Gasteiger partial charge < -0.3 is 10.3 Å². The number of nitrogens with zero attached hydrogens (tertiary/aromatic N) is 2. The van der Waals surface area contributed by atoms with Gasteiger partial charge in [-0.05, 0) is 43.9 Å². The van der Waals surface area contributed by atoms with Crippen molar-refractivity contribution in [2.45, 2.75) is 62.8 Å². The Hall–Kier alpha value is -0.900. The van der Waals surface area contributed by atoms with Crippen molar-refractivity contribution in [3.8, 4) is 0 Å². The standard InChI is InChI=1S/C14H21N3O/c15-12-10-6-5-9(7-10)11(12)14-16-13(17-18-14)8-3-1-2-4-8/h8-12H,1-7,15H2. The van der Waals surface area contributed by atoms with E-state index in [-0.39, 0.29) is 6.04 Å². The van der Waals surface area contributed by atoms with E-state index in [2.05, 4.69) is 10.1 Å². The number of hydrogen-bond donors (Lipinski definition) is 1. The summed E-state index contributed by atoms with van der Waals surface area (Å²) in [5.41, 5.74) is 6.33. The Morgan fingerprint density at radius 2 is 1.83 bits per heavy atom. The van der Waals surface area contributed by atoms with Crippen LogP contribution >= 0.6 is 0 Å². The first kappa shape index (κ1) is 11.0. The number of aromatic nitrogens is 2. The number of fused-ring (bicyclic) bond motifs is 2. The van der Waals surface area contributed by atoms with Gasteiger partial charge in [-0.15, -0.1) is 0 Å². The average Bonchev–Trinajstić information content (AvgIpc) is 3.13. The molecular weight excluding hydrogens is 226 g/mol. The Morgan fingerprint density at radius 1 is 1.06 bits per heavy atom. The van der Waals surface area contributed by atoms with Crippen LogP contribution in [0.25, 0.3) is 0 Å². The molecule has 4 rings (SSSR count). The first-order valence-electron chi connectivity index (χ1n) is 7.42. The summed E-state index contributed by atoms with van der Waals surface area (Å²) >= 11 is 0. The van der Waals surface area contributed by atoms with Crippen LogP contribution < -0.4 is 5.73 Å². The summed E-state index contributed by atoms with van der Waals surface area (Å²) in [7, 11) is 0. The molecular formula is C14H21N3O. The molecule has 3 saturated carbocycles. The smallest absolute Gasteiger partial charge is 0.231 e. The second-order valence-electron chi connectivity index (χ2n) is 6.41. The monoisotopic (exact) mass is 247 g/mol. The molecule has 4 nitrogen and oxygen atoms in total. The van der Waals surface area contributed by atoms with Crippen molar-refractivity contribution >= 4 is 0 Å². The van der Waals surface area contributed by atoms with Gasteiger partial charge in [0.1, 0.15) is 0 Å². The molecule has 98 valence electrons. The van der Waals surface area contributed by atoms with Crippen molar-refractivity contribution in [2.75, 3.05) is 0 Å². The third-order valence-electron chi connectivity index (χ3n) is 5.44. The predicted molar refractivity (Wildman–Crippen MR) is 67.1 cm³/mol. The summed E-state index contributed by atoms with van der Waals surface area (Å²) in [6.07, 6.45) is 8.93. The van der Waals surface area contributed by atoms with Gasteiger partial charge in [0.15, 0.2) is 5.82 Å². The fourth-order valence-corrected chi connectivity index (χ4v) is 4.43. The van der Waals surface area contributed by atoms with Gasteiger partial charge in [-0.2, -0.15) is 4.98 Å². The SMILES string of the molecule is NC1C2CCC(C2)C1c1nc(C2CCCC2)no1. The maximum Gasteiger partial charge on any atom is 0.231 e. The molecule has 1 heterocycles. The van der Waals surface area contributed by atoms with Gasteiger partial charge in [0.2, 0.25) is 5.89 Å². The number of rotatable bonds is 2. The van der Waals surface area contributed by atoms with Gasteiger partial charge in [-0.3, -0.25) is 0 Å². The molecule has 4 atom stereocenters. The van der Waals surface area contributed by atoms with Crippen LogP contribution in [0, 0.1) is 11.8 Å². The van der Waals surface area contributed by atoms with E-state index < -0.39 is 0 Å². The molecule has 0 aliphatic heterocycles.